The van der Waals surface area contributed by atoms with Crippen molar-refractivity contribution < 1.29 is 53.4 Å². The lowest BCUT2D eigenvalue weighted by molar-refractivity contribution is -0.142. The van der Waals surface area contributed by atoms with E-state index in [1.807, 2.05) is 6.07 Å². The van der Waals surface area contributed by atoms with Gasteiger partial charge in [0.05, 0.1) is 30.2 Å². The van der Waals surface area contributed by atoms with Crippen LogP contribution >= 0.6 is 0 Å². The first-order valence-electron chi connectivity index (χ1n) is 21.5. The molecule has 2 aromatic heterocycles. The van der Waals surface area contributed by atoms with Crippen LogP contribution in [0.5, 0.6) is 0 Å². The highest BCUT2D eigenvalue weighted by Gasteiger charge is 2.40. The molecule has 0 radical (unpaired) electrons. The number of rotatable bonds is 11. The topological polar surface area (TPSA) is 291 Å². The van der Waals surface area contributed by atoms with Crippen molar-refractivity contribution in [1.82, 2.24) is 46.0 Å². The number of hydrogen-bond acceptors (Lipinski definition) is 11. The lowest BCUT2D eigenvalue weighted by Gasteiger charge is -2.27. The van der Waals surface area contributed by atoms with Gasteiger partial charge in [0, 0.05) is 49.0 Å². The molecule has 0 aliphatic carbocycles. The number of hydrogen-bond donors (Lipinski definition) is 9. The zero-order valence-electron chi connectivity index (χ0n) is 35.7. The van der Waals surface area contributed by atoms with Crippen LogP contribution in [0.4, 0.5) is 0 Å². The fraction of sp³-hybridized carbons (Fsp3) is 0.432. The van der Waals surface area contributed by atoms with E-state index >= 15 is 0 Å². The molecule has 4 aromatic rings. The number of carbonyl (C=O) groups is 9. The van der Waals surface area contributed by atoms with E-state index < -0.39 is 97.0 Å². The van der Waals surface area contributed by atoms with Crippen molar-refractivity contribution in [2.24, 2.45) is 5.92 Å². The Balaban J connectivity index is 1.23. The van der Waals surface area contributed by atoms with Crippen molar-refractivity contribution in [3.63, 3.8) is 0 Å². The van der Waals surface area contributed by atoms with Crippen molar-refractivity contribution >= 4 is 75.4 Å². The summed E-state index contributed by atoms with van der Waals surface area (Å²) >= 11 is 0. The number of likely N-dealkylation sites (tertiary alicyclic amines) is 1. The van der Waals surface area contributed by atoms with Gasteiger partial charge in [-0.05, 0) is 48.4 Å². The predicted octanol–water partition coefficient (Wildman–Crippen LogP) is -1.31. The minimum absolute atomic E-state index is 0.0137. The Morgan fingerprint density at radius 1 is 0.846 bits per heavy atom. The smallest absolute Gasteiger partial charge is 0.326 e. The summed E-state index contributed by atoms with van der Waals surface area (Å²) in [5.74, 6) is -6.21. The van der Waals surface area contributed by atoms with Gasteiger partial charge in [-0.25, -0.2) is 4.79 Å². The number of carboxylic acid groups (broad SMARTS) is 1. The van der Waals surface area contributed by atoms with E-state index in [4.69, 9.17) is 0 Å². The van der Waals surface area contributed by atoms with Gasteiger partial charge in [0.25, 0.3) is 5.91 Å². The number of fused-ring (bicyclic) bond motifs is 6. The molecule has 0 spiro atoms. The normalized spacial score (nSPS) is 23.8. The van der Waals surface area contributed by atoms with Gasteiger partial charge in [-0.15, -0.1) is 0 Å². The van der Waals surface area contributed by atoms with Gasteiger partial charge in [0.15, 0.2) is 6.17 Å². The van der Waals surface area contributed by atoms with Crippen molar-refractivity contribution in [2.45, 2.75) is 94.8 Å². The van der Waals surface area contributed by atoms with Crippen LogP contribution in [-0.4, -0.2) is 134 Å². The van der Waals surface area contributed by atoms with E-state index in [0.29, 0.717) is 65.0 Å². The highest BCUT2D eigenvalue weighted by Crippen LogP contribution is 2.29. The molecule has 3 aliphatic rings. The van der Waals surface area contributed by atoms with Gasteiger partial charge >= 0.3 is 5.97 Å². The molecule has 3 aliphatic heterocycles. The Labute approximate surface area is 372 Å². The fourth-order valence-corrected chi connectivity index (χ4v) is 8.68. The van der Waals surface area contributed by atoms with Crippen LogP contribution in [-0.2, 0) is 56.0 Å². The molecule has 2 fully saturated rings. The van der Waals surface area contributed by atoms with Crippen molar-refractivity contribution in [3.05, 3.63) is 72.1 Å². The second-order valence-electron chi connectivity index (χ2n) is 16.8. The number of aromatic nitrogens is 2. The number of aldehydes is 1. The second kappa shape index (κ2) is 19.6. The molecule has 7 rings (SSSR count). The maximum absolute atomic E-state index is 14.7. The average molecular weight is 897 g/mol. The molecule has 65 heavy (non-hydrogen) atoms. The van der Waals surface area contributed by atoms with Gasteiger partial charge in [-0.2, -0.15) is 0 Å². The van der Waals surface area contributed by atoms with E-state index in [9.17, 15) is 53.4 Å². The maximum atomic E-state index is 14.7. The largest absolute Gasteiger partial charge is 0.480 e. The third-order valence-electron chi connectivity index (χ3n) is 12.0. The molecular formula is C44H52N10O11. The minimum Gasteiger partial charge on any atom is -0.480 e. The highest BCUT2D eigenvalue weighted by atomic mass is 16.4. The zero-order chi connectivity index (χ0) is 46.5. The number of amides is 7. The molecule has 2 bridgehead atoms. The van der Waals surface area contributed by atoms with Gasteiger partial charge in [-0.3, -0.25) is 43.7 Å². The molecule has 2 saturated heterocycles. The maximum Gasteiger partial charge on any atom is 0.326 e. The molecule has 7 amide bonds. The van der Waals surface area contributed by atoms with E-state index in [2.05, 4.69) is 37.3 Å². The van der Waals surface area contributed by atoms with Gasteiger partial charge < -0.3 is 56.4 Å². The molecule has 7 unspecified atom stereocenters. The summed E-state index contributed by atoms with van der Waals surface area (Å²) in [6, 6.07) is 7.21. The number of para-hydroxylation sites is 2. The van der Waals surface area contributed by atoms with Crippen molar-refractivity contribution in [2.75, 3.05) is 25.1 Å². The molecular weight excluding hydrogens is 845 g/mol. The summed E-state index contributed by atoms with van der Waals surface area (Å²) in [7, 11) is 0. The number of benzene rings is 2. The number of nitrogens with zero attached hydrogens (tertiary/aromatic N) is 3. The predicted molar refractivity (Wildman–Crippen MR) is 232 cm³/mol. The molecule has 5 heterocycles. The van der Waals surface area contributed by atoms with E-state index in [1.54, 1.807) is 77.9 Å². The quantitative estimate of drug-likeness (QED) is 0.0794. The first-order chi connectivity index (χ1) is 31.2. The molecule has 2 aromatic carbocycles. The Morgan fingerprint density at radius 3 is 2.25 bits per heavy atom. The monoisotopic (exact) mass is 896 g/mol. The number of aliphatic hydroxyl groups is 1. The van der Waals surface area contributed by atoms with Crippen LogP contribution in [0.25, 0.3) is 21.8 Å². The summed E-state index contributed by atoms with van der Waals surface area (Å²) in [4.78, 5) is 120. The molecule has 21 nitrogen and oxygen atoms in total. The summed E-state index contributed by atoms with van der Waals surface area (Å²) in [5.41, 5.74) is 5.32. The summed E-state index contributed by atoms with van der Waals surface area (Å²) < 4.78 is 3.15. The number of carboxylic acids is 1. The number of nitrogens with one attached hydrogen (secondary N) is 7. The van der Waals surface area contributed by atoms with E-state index in [0.717, 1.165) is 0 Å². The molecule has 344 valence electrons. The van der Waals surface area contributed by atoms with Gasteiger partial charge in [0.2, 0.25) is 35.4 Å². The van der Waals surface area contributed by atoms with Crippen molar-refractivity contribution in [3.8, 4) is 0 Å². The van der Waals surface area contributed by atoms with Crippen LogP contribution in [0.15, 0.2) is 60.9 Å². The van der Waals surface area contributed by atoms with Crippen LogP contribution in [0.1, 0.15) is 56.8 Å². The van der Waals surface area contributed by atoms with Crippen LogP contribution in [0.3, 0.4) is 0 Å². The fourth-order valence-electron chi connectivity index (χ4n) is 8.68. The molecule has 0 saturated carbocycles. The standard InChI is InChI=1S/C44H52N10O11/c1-23(2)37-41(61)45-18-36(58)48-31(22-56)39(59)49-30(44(64)65)17-25-19-53(32-10-5-3-8-27(25)32)38(42(62)50-37)51-54-20-24(28-9-4-6-11-33(28)54)16-26(21-55)46-40(60)34-12-7-15-52(34)43(63)29-13-14-35(57)47-29/h3-6,8-11,19-21,23,26,29-31,34,37-38,51,56H,7,12-18,22H2,1-2H3,(H,45,61)(H,46,60)(H,47,57)(H,48,58)(H,49,59)(H,50,62)(H,64,65). The summed E-state index contributed by atoms with van der Waals surface area (Å²) in [5, 5.41) is 36.8. The summed E-state index contributed by atoms with van der Waals surface area (Å²) in [6.45, 7) is 2.24. The molecule has 7 atom stereocenters. The Kier molecular flexibility index (Phi) is 13.8. The van der Waals surface area contributed by atoms with Crippen LogP contribution < -0.4 is 37.3 Å². The number of carbonyl (C=O) groups excluding carboxylic acids is 8. The minimum atomic E-state index is -1.54. The lowest BCUT2D eigenvalue weighted by atomic mass is 10.0. The zero-order valence-corrected chi connectivity index (χ0v) is 35.7. The molecule has 9 N–H and O–H groups in total. The Hall–Kier alpha value is -7.29. The summed E-state index contributed by atoms with van der Waals surface area (Å²) in [6.07, 6.45) is 3.75. The number of aliphatic carboxylic acids is 1. The highest BCUT2D eigenvalue weighted by molar-refractivity contribution is 5.97. The van der Waals surface area contributed by atoms with E-state index in [-0.39, 0.29) is 31.1 Å². The third-order valence-corrected chi connectivity index (χ3v) is 12.0. The number of aliphatic hydroxyl groups excluding tert-OH is 1. The van der Waals surface area contributed by atoms with Gasteiger partial charge in [0.1, 0.15) is 36.5 Å². The second-order valence-corrected chi connectivity index (χ2v) is 16.8. The average Bonchev–Trinajstić information content (AvgIpc) is 4.10. The first kappa shape index (κ1) is 45.7. The van der Waals surface area contributed by atoms with Crippen LogP contribution in [0, 0.1) is 5.92 Å². The Morgan fingerprint density at radius 2 is 1.57 bits per heavy atom. The SMILES string of the molecule is CC(C)C1NC(=O)C(Nn2cc(CC(C=O)NC(=O)C3CCCN3C(=O)C3CCC(=O)N3)c3ccccc32)n2cc(c3ccccc32)CC(C(=O)O)NC(=O)C(CO)NC(=O)CNC1=O. The lowest BCUT2D eigenvalue weighted by Crippen LogP contribution is -2.56. The van der Waals surface area contributed by atoms with Gasteiger partial charge in [-0.1, -0.05) is 50.2 Å². The van der Waals surface area contributed by atoms with E-state index in [1.165, 1.54) is 4.90 Å². The third kappa shape index (κ3) is 9.94. The Bertz CT molecular complexity index is 2530. The molecule has 21 heteroatoms. The van der Waals surface area contributed by atoms with Crippen molar-refractivity contribution in [1.29, 1.82) is 0 Å². The first-order valence-corrected chi connectivity index (χ1v) is 21.5. The van der Waals surface area contributed by atoms with Crippen LogP contribution in [0.2, 0.25) is 0 Å².